The van der Waals surface area contributed by atoms with E-state index in [1.165, 1.54) is 0 Å². The predicted octanol–water partition coefficient (Wildman–Crippen LogP) is 2.03. The molecule has 0 atom stereocenters. The molecule has 0 aromatic rings. The van der Waals surface area contributed by atoms with Crippen LogP contribution in [-0.4, -0.2) is 24.5 Å². The van der Waals surface area contributed by atoms with Crippen LogP contribution < -0.4 is 5.32 Å². The van der Waals surface area contributed by atoms with Crippen molar-refractivity contribution < 1.29 is 9.53 Å². The smallest absolute Gasteiger partial charge is 0.163 e. The van der Waals surface area contributed by atoms with Gasteiger partial charge in [-0.3, -0.25) is 4.79 Å². The van der Waals surface area contributed by atoms with Crippen LogP contribution in [0.3, 0.4) is 0 Å². The fourth-order valence-electron chi connectivity index (χ4n) is 1.48. The Hall–Kier alpha value is -0.830. The molecule has 1 N–H and O–H groups in total. The molecule has 0 unspecified atom stereocenters. The van der Waals surface area contributed by atoms with E-state index in [1.807, 2.05) is 0 Å². The van der Waals surface area contributed by atoms with Gasteiger partial charge in [-0.1, -0.05) is 0 Å². The van der Waals surface area contributed by atoms with E-state index in [4.69, 9.17) is 4.74 Å². The van der Waals surface area contributed by atoms with Gasteiger partial charge in [0, 0.05) is 24.1 Å². The summed E-state index contributed by atoms with van der Waals surface area (Å²) in [6.07, 6.45) is 4.02. The molecule has 0 aliphatic carbocycles. The molecule has 86 valence electrons. The molecule has 1 rings (SSSR count). The third-order valence-corrected chi connectivity index (χ3v) is 2.30. The molecule has 1 aliphatic rings. The predicted molar refractivity (Wildman–Crippen MR) is 60.6 cm³/mol. The van der Waals surface area contributed by atoms with E-state index in [2.05, 4.69) is 26.1 Å². The van der Waals surface area contributed by atoms with Crippen molar-refractivity contribution in [2.24, 2.45) is 0 Å². The van der Waals surface area contributed by atoms with Crippen molar-refractivity contribution in [2.75, 3.05) is 13.2 Å². The zero-order chi connectivity index (χ0) is 11.3. The van der Waals surface area contributed by atoms with Gasteiger partial charge < -0.3 is 10.1 Å². The Kier molecular flexibility index (Phi) is 4.33. The summed E-state index contributed by atoms with van der Waals surface area (Å²) >= 11 is 0. The maximum absolute atomic E-state index is 11.7. The van der Waals surface area contributed by atoms with Gasteiger partial charge in [0.05, 0.1) is 12.9 Å². The Balaban J connectivity index is 2.27. The number of allylic oxidation sites excluding steroid dienone is 1. The van der Waals surface area contributed by atoms with Crippen molar-refractivity contribution in [3.63, 3.8) is 0 Å². The van der Waals surface area contributed by atoms with Crippen molar-refractivity contribution in [2.45, 2.75) is 45.6 Å². The number of Topliss-reactive ketones (excluding diaryl/α,β-unsaturated/α-hetero) is 1. The van der Waals surface area contributed by atoms with Crippen molar-refractivity contribution in [1.29, 1.82) is 0 Å². The Bertz CT molecular complexity index is 251. The average molecular weight is 211 g/mol. The molecule has 3 heteroatoms. The summed E-state index contributed by atoms with van der Waals surface area (Å²) < 4.78 is 5.15. The number of hydrogen-bond acceptors (Lipinski definition) is 3. The number of ketones is 1. The van der Waals surface area contributed by atoms with Gasteiger partial charge >= 0.3 is 0 Å². The van der Waals surface area contributed by atoms with E-state index in [-0.39, 0.29) is 11.3 Å². The van der Waals surface area contributed by atoms with Crippen LogP contribution in [0.2, 0.25) is 0 Å². The summed E-state index contributed by atoms with van der Waals surface area (Å²) in [5.41, 5.74) is 0.925. The molecule has 1 heterocycles. The van der Waals surface area contributed by atoms with Crippen LogP contribution in [0.5, 0.6) is 0 Å². The summed E-state index contributed by atoms with van der Waals surface area (Å²) in [6, 6.07) is 0. The zero-order valence-corrected chi connectivity index (χ0v) is 9.93. The van der Waals surface area contributed by atoms with Crippen molar-refractivity contribution in [3.8, 4) is 0 Å². The molecule has 0 radical (unpaired) electrons. The molecule has 15 heavy (non-hydrogen) atoms. The highest BCUT2D eigenvalue weighted by Gasteiger charge is 2.14. The lowest BCUT2D eigenvalue weighted by Gasteiger charge is -2.20. The number of ether oxygens (including phenoxy) is 1. The highest BCUT2D eigenvalue weighted by Crippen LogP contribution is 2.14. The SMILES string of the molecule is CC(C)(C)NCCC(=O)C1=COCCC1. The van der Waals surface area contributed by atoms with E-state index in [0.29, 0.717) is 6.42 Å². The van der Waals surface area contributed by atoms with Crippen molar-refractivity contribution in [1.82, 2.24) is 5.32 Å². The van der Waals surface area contributed by atoms with E-state index in [0.717, 1.165) is 31.6 Å². The van der Waals surface area contributed by atoms with Crippen LogP contribution in [0, 0.1) is 0 Å². The minimum Gasteiger partial charge on any atom is -0.501 e. The first-order valence-electron chi connectivity index (χ1n) is 5.58. The largest absolute Gasteiger partial charge is 0.501 e. The normalized spacial score (nSPS) is 16.9. The molecular weight excluding hydrogens is 190 g/mol. The first kappa shape index (κ1) is 12.2. The quantitative estimate of drug-likeness (QED) is 0.773. The van der Waals surface area contributed by atoms with E-state index < -0.39 is 0 Å². The van der Waals surface area contributed by atoms with Crippen LogP contribution in [0.25, 0.3) is 0 Å². The van der Waals surface area contributed by atoms with E-state index in [1.54, 1.807) is 6.26 Å². The Morgan fingerprint density at radius 1 is 1.53 bits per heavy atom. The number of carbonyl (C=O) groups is 1. The van der Waals surface area contributed by atoms with Gasteiger partial charge in [-0.05, 0) is 33.6 Å². The number of carbonyl (C=O) groups excluding carboxylic acids is 1. The van der Waals surface area contributed by atoms with Crippen LogP contribution in [0.4, 0.5) is 0 Å². The summed E-state index contributed by atoms with van der Waals surface area (Å²) in [5, 5.41) is 3.30. The van der Waals surface area contributed by atoms with Gasteiger partial charge in [-0.2, -0.15) is 0 Å². The van der Waals surface area contributed by atoms with Crippen LogP contribution >= 0.6 is 0 Å². The molecule has 0 fully saturated rings. The number of rotatable bonds is 4. The second-order valence-electron chi connectivity index (χ2n) is 4.97. The van der Waals surface area contributed by atoms with E-state index >= 15 is 0 Å². The standard InChI is InChI=1S/C12H21NO2/c1-12(2,3)13-7-6-11(14)10-5-4-8-15-9-10/h9,13H,4-8H2,1-3H3. The van der Waals surface area contributed by atoms with Crippen LogP contribution in [0.15, 0.2) is 11.8 Å². The molecule has 0 amide bonds. The molecule has 3 nitrogen and oxygen atoms in total. The maximum atomic E-state index is 11.7. The highest BCUT2D eigenvalue weighted by atomic mass is 16.5. The molecule has 0 bridgehead atoms. The van der Waals surface area contributed by atoms with Gasteiger partial charge in [0.2, 0.25) is 0 Å². The second kappa shape index (κ2) is 5.31. The average Bonchev–Trinajstić information content (AvgIpc) is 2.17. The third-order valence-electron chi connectivity index (χ3n) is 2.30. The van der Waals surface area contributed by atoms with E-state index in [9.17, 15) is 4.79 Å². The lowest BCUT2D eigenvalue weighted by atomic mass is 10.0. The van der Waals surface area contributed by atoms with Crippen LogP contribution in [0.1, 0.15) is 40.0 Å². The zero-order valence-electron chi connectivity index (χ0n) is 9.93. The minimum atomic E-state index is 0.0811. The van der Waals surface area contributed by atoms with Gasteiger partial charge in [0.1, 0.15) is 0 Å². The van der Waals surface area contributed by atoms with Gasteiger partial charge in [-0.15, -0.1) is 0 Å². The number of hydrogen-bond donors (Lipinski definition) is 1. The lowest BCUT2D eigenvalue weighted by Crippen LogP contribution is -2.37. The van der Waals surface area contributed by atoms with Gasteiger partial charge in [-0.25, -0.2) is 0 Å². The minimum absolute atomic E-state index is 0.0811. The molecule has 1 aliphatic heterocycles. The highest BCUT2D eigenvalue weighted by molar-refractivity contribution is 5.95. The molecule has 0 saturated carbocycles. The van der Waals surface area contributed by atoms with Crippen molar-refractivity contribution >= 4 is 5.78 Å². The summed E-state index contributed by atoms with van der Waals surface area (Å²) in [6.45, 7) is 7.78. The lowest BCUT2D eigenvalue weighted by molar-refractivity contribution is -0.116. The molecule has 0 aromatic heterocycles. The third kappa shape index (κ3) is 4.98. The fourth-order valence-corrected chi connectivity index (χ4v) is 1.48. The number of nitrogens with one attached hydrogen (secondary N) is 1. The molecule has 0 aromatic carbocycles. The topological polar surface area (TPSA) is 38.3 Å². The Morgan fingerprint density at radius 2 is 2.27 bits per heavy atom. The summed E-state index contributed by atoms with van der Waals surface area (Å²) in [7, 11) is 0. The monoisotopic (exact) mass is 211 g/mol. The first-order valence-corrected chi connectivity index (χ1v) is 5.58. The molecular formula is C12H21NO2. The van der Waals surface area contributed by atoms with Gasteiger partial charge in [0.15, 0.2) is 5.78 Å². The Morgan fingerprint density at radius 3 is 2.80 bits per heavy atom. The van der Waals surface area contributed by atoms with Gasteiger partial charge in [0.25, 0.3) is 0 Å². The maximum Gasteiger partial charge on any atom is 0.163 e. The Labute approximate surface area is 91.9 Å². The fraction of sp³-hybridized carbons (Fsp3) is 0.750. The summed E-state index contributed by atoms with van der Waals surface area (Å²) in [4.78, 5) is 11.7. The molecule has 0 saturated heterocycles. The van der Waals surface area contributed by atoms with Crippen LogP contribution in [-0.2, 0) is 9.53 Å². The van der Waals surface area contributed by atoms with Crippen molar-refractivity contribution in [3.05, 3.63) is 11.8 Å². The first-order chi connectivity index (χ1) is 6.99. The summed E-state index contributed by atoms with van der Waals surface area (Å²) in [5.74, 6) is 0.214. The second-order valence-corrected chi connectivity index (χ2v) is 4.97. The molecule has 0 spiro atoms.